The average molecular weight is 346 g/mol. The van der Waals surface area contributed by atoms with Crippen molar-refractivity contribution in [3.63, 3.8) is 0 Å². The molecule has 8 heteroatoms. The van der Waals surface area contributed by atoms with Crippen LogP contribution in [-0.4, -0.2) is 13.6 Å². The normalized spacial score (nSPS) is 11.7. The molecule has 0 fully saturated rings. The van der Waals surface area contributed by atoms with Gasteiger partial charge in [-0.3, -0.25) is 0 Å². The molecule has 0 bridgehead atoms. The topological polar surface area (TPSA) is 98.2 Å². The first-order valence-corrected chi connectivity index (χ1v) is 7.63. The van der Waals surface area contributed by atoms with Crippen molar-refractivity contribution >= 4 is 31.6 Å². The Labute approximate surface area is 119 Å². The number of rotatable bonds is 4. The predicted octanol–water partition coefficient (Wildman–Crippen LogP) is 1.81. The molecule has 0 aliphatic heterocycles. The smallest absolute Gasteiger partial charge is 0.242 e. The zero-order valence-electron chi connectivity index (χ0n) is 10.1. The molecule has 19 heavy (non-hydrogen) atoms. The van der Waals surface area contributed by atoms with Crippen molar-refractivity contribution in [2.75, 3.05) is 5.73 Å². The third-order valence-corrected chi connectivity index (χ3v) is 4.35. The van der Waals surface area contributed by atoms with Gasteiger partial charge < -0.3 is 10.3 Å². The minimum Gasteiger partial charge on any atom is -0.398 e. The molecular formula is C11H12BrN3O3S. The number of anilines is 1. The Balaban J connectivity index is 2.18. The van der Waals surface area contributed by atoms with E-state index in [1.54, 1.807) is 19.1 Å². The van der Waals surface area contributed by atoms with Crippen molar-refractivity contribution in [2.45, 2.75) is 18.4 Å². The molecule has 0 unspecified atom stereocenters. The van der Waals surface area contributed by atoms with Gasteiger partial charge in [0.05, 0.1) is 17.9 Å². The van der Waals surface area contributed by atoms with E-state index in [0.717, 1.165) is 4.47 Å². The Hall–Kier alpha value is -1.38. The van der Waals surface area contributed by atoms with Crippen LogP contribution in [0.15, 0.2) is 38.2 Å². The van der Waals surface area contributed by atoms with Crippen molar-refractivity contribution in [1.29, 1.82) is 0 Å². The fourth-order valence-corrected chi connectivity index (χ4v) is 3.00. The van der Waals surface area contributed by atoms with E-state index in [-0.39, 0.29) is 17.1 Å². The first-order valence-electron chi connectivity index (χ1n) is 5.35. The second-order valence-corrected chi connectivity index (χ2v) is 6.59. The molecule has 0 radical (unpaired) electrons. The lowest BCUT2D eigenvalue weighted by Crippen LogP contribution is -2.24. The highest BCUT2D eigenvalue weighted by atomic mass is 79.9. The molecule has 0 amide bonds. The van der Waals surface area contributed by atoms with Crippen LogP contribution in [0, 0.1) is 6.92 Å². The van der Waals surface area contributed by atoms with Crippen LogP contribution in [-0.2, 0) is 16.6 Å². The van der Waals surface area contributed by atoms with Gasteiger partial charge in [-0.05, 0) is 25.1 Å². The number of nitrogen functional groups attached to an aromatic ring is 1. The molecule has 0 aliphatic carbocycles. The van der Waals surface area contributed by atoms with Gasteiger partial charge in [-0.2, -0.15) is 0 Å². The van der Waals surface area contributed by atoms with E-state index in [1.165, 1.54) is 12.1 Å². The Morgan fingerprint density at radius 1 is 1.42 bits per heavy atom. The molecule has 0 saturated heterocycles. The van der Waals surface area contributed by atoms with Crippen LogP contribution in [0.2, 0.25) is 0 Å². The van der Waals surface area contributed by atoms with Gasteiger partial charge in [0.25, 0.3) is 0 Å². The standard InChI is InChI=1S/C11H12BrN3O3S/c1-7-4-9(15-18-7)6-14-19(16,17)11-3-2-8(12)5-10(11)13/h2-5,14H,6,13H2,1H3. The molecule has 102 valence electrons. The SMILES string of the molecule is Cc1cc(CNS(=O)(=O)c2ccc(Br)cc2N)no1. The molecule has 2 aromatic rings. The van der Waals surface area contributed by atoms with Crippen molar-refractivity contribution in [1.82, 2.24) is 9.88 Å². The molecule has 2 rings (SSSR count). The quantitative estimate of drug-likeness (QED) is 0.823. The van der Waals surface area contributed by atoms with E-state index < -0.39 is 10.0 Å². The number of hydrogen-bond acceptors (Lipinski definition) is 5. The van der Waals surface area contributed by atoms with Gasteiger partial charge in [-0.15, -0.1) is 0 Å². The van der Waals surface area contributed by atoms with Gasteiger partial charge in [0, 0.05) is 10.5 Å². The number of benzene rings is 1. The minimum atomic E-state index is -3.67. The summed E-state index contributed by atoms with van der Waals surface area (Å²) in [6.45, 7) is 1.78. The molecule has 0 atom stereocenters. The summed E-state index contributed by atoms with van der Waals surface area (Å²) in [6, 6.07) is 6.25. The van der Waals surface area contributed by atoms with E-state index in [9.17, 15) is 8.42 Å². The first-order chi connectivity index (χ1) is 8.88. The highest BCUT2D eigenvalue weighted by molar-refractivity contribution is 9.10. The summed E-state index contributed by atoms with van der Waals surface area (Å²) in [5.74, 6) is 0.623. The van der Waals surface area contributed by atoms with Gasteiger partial charge in [0.2, 0.25) is 10.0 Å². The summed E-state index contributed by atoms with van der Waals surface area (Å²) in [5.41, 5.74) is 6.39. The van der Waals surface area contributed by atoms with Crippen LogP contribution >= 0.6 is 15.9 Å². The van der Waals surface area contributed by atoms with Crippen LogP contribution in [0.4, 0.5) is 5.69 Å². The molecule has 1 aromatic carbocycles. The summed E-state index contributed by atoms with van der Waals surface area (Å²) < 4.78 is 32.2. The third kappa shape index (κ3) is 3.34. The Morgan fingerprint density at radius 2 is 2.16 bits per heavy atom. The lowest BCUT2D eigenvalue weighted by molar-refractivity contribution is 0.390. The average Bonchev–Trinajstić information content (AvgIpc) is 2.72. The van der Waals surface area contributed by atoms with E-state index >= 15 is 0 Å². The zero-order chi connectivity index (χ0) is 14.0. The molecule has 0 saturated carbocycles. The van der Waals surface area contributed by atoms with Crippen molar-refractivity contribution in [2.24, 2.45) is 0 Å². The monoisotopic (exact) mass is 345 g/mol. The number of nitrogens with zero attached hydrogens (tertiary/aromatic N) is 1. The zero-order valence-corrected chi connectivity index (χ0v) is 12.5. The van der Waals surface area contributed by atoms with Crippen LogP contribution in [0.5, 0.6) is 0 Å². The Kier molecular flexibility index (Phi) is 3.93. The molecule has 6 nitrogen and oxygen atoms in total. The summed E-state index contributed by atoms with van der Waals surface area (Å²) in [5, 5.41) is 3.71. The lowest BCUT2D eigenvalue weighted by atomic mass is 10.3. The summed E-state index contributed by atoms with van der Waals surface area (Å²) >= 11 is 3.22. The van der Waals surface area contributed by atoms with E-state index in [4.69, 9.17) is 10.3 Å². The van der Waals surface area contributed by atoms with E-state index in [2.05, 4.69) is 25.8 Å². The molecule has 1 aromatic heterocycles. The number of sulfonamides is 1. The maximum Gasteiger partial charge on any atom is 0.242 e. The maximum atomic E-state index is 12.1. The highest BCUT2D eigenvalue weighted by Crippen LogP contribution is 2.22. The van der Waals surface area contributed by atoms with Crippen molar-refractivity contribution in [3.8, 4) is 0 Å². The lowest BCUT2D eigenvalue weighted by Gasteiger charge is -2.08. The first kappa shape index (κ1) is 14.0. The molecule has 0 spiro atoms. The van der Waals surface area contributed by atoms with Gasteiger partial charge in [0.15, 0.2) is 0 Å². The predicted molar refractivity (Wildman–Crippen MR) is 73.8 cm³/mol. The largest absolute Gasteiger partial charge is 0.398 e. The second-order valence-electron chi connectivity index (χ2n) is 3.94. The minimum absolute atomic E-state index is 0.0379. The number of nitrogens with two attached hydrogens (primary N) is 1. The van der Waals surface area contributed by atoms with Crippen LogP contribution in [0.3, 0.4) is 0 Å². The number of aryl methyl sites for hydroxylation is 1. The van der Waals surface area contributed by atoms with Gasteiger partial charge in [-0.1, -0.05) is 21.1 Å². The Morgan fingerprint density at radius 3 is 2.74 bits per heavy atom. The van der Waals surface area contributed by atoms with Crippen LogP contribution in [0.25, 0.3) is 0 Å². The van der Waals surface area contributed by atoms with E-state index in [0.29, 0.717) is 11.5 Å². The number of aromatic nitrogens is 1. The van der Waals surface area contributed by atoms with Gasteiger partial charge in [-0.25, -0.2) is 13.1 Å². The maximum absolute atomic E-state index is 12.1. The van der Waals surface area contributed by atoms with Gasteiger partial charge >= 0.3 is 0 Å². The molecular weight excluding hydrogens is 334 g/mol. The third-order valence-electron chi connectivity index (χ3n) is 2.38. The molecule has 0 aliphatic rings. The van der Waals surface area contributed by atoms with Crippen molar-refractivity contribution < 1.29 is 12.9 Å². The van der Waals surface area contributed by atoms with Gasteiger partial charge in [0.1, 0.15) is 10.7 Å². The van der Waals surface area contributed by atoms with Crippen LogP contribution in [0.1, 0.15) is 11.5 Å². The number of nitrogens with one attached hydrogen (secondary N) is 1. The van der Waals surface area contributed by atoms with E-state index in [1.807, 2.05) is 0 Å². The molecule has 1 heterocycles. The number of hydrogen-bond donors (Lipinski definition) is 2. The summed E-state index contributed by atoms with van der Waals surface area (Å²) in [4.78, 5) is 0.0379. The summed E-state index contributed by atoms with van der Waals surface area (Å²) in [7, 11) is -3.67. The number of halogens is 1. The second kappa shape index (κ2) is 5.32. The summed E-state index contributed by atoms with van der Waals surface area (Å²) in [6.07, 6.45) is 0. The fourth-order valence-electron chi connectivity index (χ4n) is 1.51. The van der Waals surface area contributed by atoms with Crippen LogP contribution < -0.4 is 10.5 Å². The molecule has 3 N–H and O–H groups in total. The highest BCUT2D eigenvalue weighted by Gasteiger charge is 2.17. The Bertz CT molecular complexity index is 697. The fraction of sp³-hybridized carbons (Fsp3) is 0.182. The van der Waals surface area contributed by atoms with Crippen molar-refractivity contribution in [3.05, 3.63) is 40.2 Å².